The number of carbonyl (C=O) groups excluding carboxylic acids is 4. The van der Waals surface area contributed by atoms with Gasteiger partial charge in [0, 0.05) is 44.2 Å². The van der Waals surface area contributed by atoms with Gasteiger partial charge < -0.3 is 39.5 Å². The zero-order valence-corrected chi connectivity index (χ0v) is 35.8. The predicted molar refractivity (Wildman–Crippen MR) is 234 cm³/mol. The number of aromatic nitrogens is 2. The third kappa shape index (κ3) is 10.5. The number of nitrogens with one attached hydrogen (secondary N) is 1. The maximum absolute atomic E-state index is 14.1. The molecule has 2 atom stereocenters. The second-order valence-electron chi connectivity index (χ2n) is 15.4. The molecule has 3 heterocycles. The number of ether oxygens (including phenoxy) is 4. The van der Waals surface area contributed by atoms with Crippen molar-refractivity contribution < 1.29 is 38.1 Å². The van der Waals surface area contributed by atoms with Gasteiger partial charge in [-0.25, -0.2) is 4.98 Å². The van der Waals surface area contributed by atoms with Gasteiger partial charge in [-0.15, -0.1) is 0 Å². The lowest BCUT2D eigenvalue weighted by Gasteiger charge is -2.38. The molecule has 0 unspecified atom stereocenters. The fraction of sp³-hybridized carbons (Fsp3) is 0.375. The molecule has 0 saturated carbocycles. The van der Waals surface area contributed by atoms with Crippen LogP contribution in [-0.2, 0) is 36.0 Å². The molecule has 0 aliphatic carbocycles. The second-order valence-corrected chi connectivity index (χ2v) is 15.4. The first-order chi connectivity index (χ1) is 30.0. The van der Waals surface area contributed by atoms with Gasteiger partial charge in [0.25, 0.3) is 5.91 Å². The minimum atomic E-state index is -1.14. The van der Waals surface area contributed by atoms with Crippen molar-refractivity contribution in [3.8, 4) is 11.5 Å². The van der Waals surface area contributed by atoms with Crippen molar-refractivity contribution in [3.63, 3.8) is 0 Å². The summed E-state index contributed by atoms with van der Waals surface area (Å²) in [7, 11) is 3.22. The molecule has 0 radical (unpaired) electrons. The maximum atomic E-state index is 14.1. The molecule has 1 aliphatic heterocycles. The third-order valence-corrected chi connectivity index (χ3v) is 11.2. The maximum Gasteiger partial charge on any atom is 0.306 e. The summed E-state index contributed by atoms with van der Waals surface area (Å²) in [6.07, 6.45) is 2.94. The lowest BCUT2D eigenvalue weighted by molar-refractivity contribution is -0.150. The number of rotatable bonds is 20. The Labute approximate surface area is 361 Å². The molecule has 2 aromatic heterocycles. The van der Waals surface area contributed by atoms with Gasteiger partial charge in [0.2, 0.25) is 17.2 Å². The van der Waals surface area contributed by atoms with E-state index in [-0.39, 0.29) is 49.3 Å². The number of benzene rings is 3. The largest absolute Gasteiger partial charge is 0.497 e. The van der Waals surface area contributed by atoms with Gasteiger partial charge in [0.05, 0.1) is 45.2 Å². The molecule has 62 heavy (non-hydrogen) atoms. The number of esters is 1. The van der Waals surface area contributed by atoms with Gasteiger partial charge >= 0.3 is 5.97 Å². The number of carbonyl (C=O) groups is 4. The van der Waals surface area contributed by atoms with Crippen molar-refractivity contribution in [1.82, 2.24) is 19.8 Å². The molecule has 14 nitrogen and oxygen atoms in total. The van der Waals surface area contributed by atoms with E-state index in [2.05, 4.69) is 10.3 Å². The molecule has 5 aromatic rings. The predicted octanol–water partition coefficient (Wildman–Crippen LogP) is 5.82. The second kappa shape index (κ2) is 20.8. The summed E-state index contributed by atoms with van der Waals surface area (Å²) in [6, 6.07) is 28.2. The van der Waals surface area contributed by atoms with Crippen LogP contribution in [0.15, 0.2) is 102 Å². The minimum Gasteiger partial charge on any atom is -0.497 e. The van der Waals surface area contributed by atoms with Crippen molar-refractivity contribution in [2.24, 2.45) is 5.73 Å². The van der Waals surface area contributed by atoms with Crippen LogP contribution in [0.1, 0.15) is 84.6 Å². The third-order valence-electron chi connectivity index (χ3n) is 11.2. The van der Waals surface area contributed by atoms with Crippen molar-refractivity contribution in [2.45, 2.75) is 83.1 Å². The number of pyridine rings is 2. The topological polar surface area (TPSA) is 181 Å². The number of hydrogen-bond donors (Lipinski definition) is 2. The van der Waals surface area contributed by atoms with Crippen LogP contribution in [0.2, 0.25) is 0 Å². The highest BCUT2D eigenvalue weighted by atomic mass is 16.5. The fourth-order valence-corrected chi connectivity index (χ4v) is 7.97. The minimum absolute atomic E-state index is 0.0580. The number of likely N-dealkylation sites (tertiary alicyclic amines) is 1. The number of unbranched alkanes of at least 4 members (excludes halogenated alkanes) is 2. The molecule has 1 saturated heterocycles. The summed E-state index contributed by atoms with van der Waals surface area (Å²) in [6.45, 7) is 4.89. The molecular weight excluding hydrogens is 791 g/mol. The van der Waals surface area contributed by atoms with Gasteiger partial charge in [0.15, 0.2) is 0 Å². The van der Waals surface area contributed by atoms with Gasteiger partial charge in [-0.1, -0.05) is 61.0 Å². The van der Waals surface area contributed by atoms with E-state index in [1.54, 1.807) is 42.0 Å². The smallest absolute Gasteiger partial charge is 0.306 e. The molecule has 3 N–H and O–H groups in total. The number of hydrogen-bond acceptors (Lipinski definition) is 10. The number of nitrogens with two attached hydrogens (primary N) is 1. The van der Waals surface area contributed by atoms with E-state index < -0.39 is 35.5 Å². The Kier molecular flexibility index (Phi) is 15.1. The molecule has 3 amide bonds. The van der Waals surface area contributed by atoms with Crippen LogP contribution in [0.25, 0.3) is 11.0 Å². The van der Waals surface area contributed by atoms with Gasteiger partial charge in [-0.2, -0.15) is 0 Å². The molecule has 1 aliphatic rings. The summed E-state index contributed by atoms with van der Waals surface area (Å²) < 4.78 is 25.7. The van der Waals surface area contributed by atoms with E-state index in [9.17, 15) is 24.0 Å². The van der Waals surface area contributed by atoms with Crippen LogP contribution < -0.4 is 26.0 Å². The Morgan fingerprint density at radius 1 is 0.823 bits per heavy atom. The van der Waals surface area contributed by atoms with Gasteiger partial charge in [-0.05, 0) is 79.8 Å². The van der Waals surface area contributed by atoms with E-state index in [4.69, 9.17) is 24.7 Å². The Bertz CT molecular complexity index is 2350. The molecule has 6 rings (SSSR count). The number of methoxy groups -OCH3 is 2. The Morgan fingerprint density at radius 3 is 2.08 bits per heavy atom. The van der Waals surface area contributed by atoms with Crippen LogP contribution in [0.3, 0.4) is 0 Å². The first kappa shape index (κ1) is 45.0. The van der Waals surface area contributed by atoms with Crippen LogP contribution in [0.5, 0.6) is 11.5 Å². The zero-order chi connectivity index (χ0) is 44.2. The monoisotopic (exact) mass is 845 g/mol. The summed E-state index contributed by atoms with van der Waals surface area (Å²) in [4.78, 5) is 70.8. The van der Waals surface area contributed by atoms with E-state index in [0.29, 0.717) is 61.3 Å². The van der Waals surface area contributed by atoms with Crippen molar-refractivity contribution in [3.05, 3.63) is 135 Å². The average Bonchev–Trinajstić information content (AvgIpc) is 3.70. The molecule has 14 heteroatoms. The molecular formula is C48H55N5O9. The number of aryl methyl sites for hydroxylation is 2. The van der Waals surface area contributed by atoms with E-state index in [1.165, 1.54) is 0 Å². The number of fused-ring (bicyclic) bond motifs is 1. The number of nitrogens with zero attached hydrogens (tertiary/aromatic N) is 3. The number of primary amides is 1. The lowest BCUT2D eigenvalue weighted by atomic mass is 9.80. The summed E-state index contributed by atoms with van der Waals surface area (Å²) in [5, 5.41) is 3.26. The summed E-state index contributed by atoms with van der Waals surface area (Å²) >= 11 is 0. The quantitative estimate of drug-likeness (QED) is 0.0551. The summed E-state index contributed by atoms with van der Waals surface area (Å²) in [5.41, 5.74) is 7.68. The molecule has 326 valence electrons. The zero-order valence-electron chi connectivity index (χ0n) is 35.8. The highest BCUT2D eigenvalue weighted by Gasteiger charge is 2.42. The highest BCUT2D eigenvalue weighted by molar-refractivity contribution is 5.96. The number of amides is 3. The standard InChI is InChI=1S/C48H55N5O9/c1-5-52-30-41(45(57)40-24-15-32(2)51-46(40)52)47(58)50-27-11-7-10-14-43(55)53-29-39(62-44(56)26-25-42(49)54)28-36(53)31-61-48(33-12-8-6-9-13-33,34-16-20-37(59-3)21-17-34)35-18-22-38(60-4)23-19-35/h6,8-9,12-13,15-24,30,36,39H,5,7,10-11,14,25-29,31H2,1-4H3,(H2,49,54)(H,50,58)/t36-,39+/m0/s1. The van der Waals surface area contributed by atoms with E-state index in [0.717, 1.165) is 22.4 Å². The average molecular weight is 846 g/mol. The molecule has 0 spiro atoms. The Balaban J connectivity index is 1.17. The van der Waals surface area contributed by atoms with Crippen LogP contribution in [-0.4, -0.2) is 84.2 Å². The first-order valence-corrected chi connectivity index (χ1v) is 21.0. The molecule has 3 aromatic carbocycles. The lowest BCUT2D eigenvalue weighted by Crippen LogP contribution is -2.42. The fourth-order valence-electron chi connectivity index (χ4n) is 7.97. The van der Waals surface area contributed by atoms with Gasteiger partial charge in [-0.3, -0.25) is 24.0 Å². The van der Waals surface area contributed by atoms with Crippen LogP contribution >= 0.6 is 0 Å². The SMILES string of the molecule is CCn1cc(C(=O)NCCCCCC(=O)N2C[C@H](OC(=O)CCC(N)=O)C[C@H]2COC(c2ccccc2)(c2ccc(OC)cc2)c2ccc(OC)cc2)c(=O)c2ccc(C)nc21. The van der Waals surface area contributed by atoms with Crippen LogP contribution in [0.4, 0.5) is 0 Å². The molecule has 1 fully saturated rings. The van der Waals surface area contributed by atoms with E-state index >= 15 is 0 Å². The summed E-state index contributed by atoms with van der Waals surface area (Å²) in [5.74, 6) is -0.392. The van der Waals surface area contributed by atoms with Crippen LogP contribution in [0, 0.1) is 6.92 Å². The Morgan fingerprint density at radius 2 is 1.47 bits per heavy atom. The van der Waals surface area contributed by atoms with Crippen molar-refractivity contribution in [2.75, 3.05) is 33.9 Å². The normalized spacial score (nSPS) is 15.0. The van der Waals surface area contributed by atoms with Crippen molar-refractivity contribution in [1.29, 1.82) is 0 Å². The highest BCUT2D eigenvalue weighted by Crippen LogP contribution is 2.42. The molecule has 0 bridgehead atoms. The first-order valence-electron chi connectivity index (χ1n) is 21.0. The van der Waals surface area contributed by atoms with Gasteiger partial charge in [0.1, 0.15) is 34.4 Å². The van der Waals surface area contributed by atoms with E-state index in [1.807, 2.05) is 92.7 Å². The Hall–Kier alpha value is -6.54. The van der Waals surface area contributed by atoms with Crippen molar-refractivity contribution >= 4 is 34.7 Å².